The Labute approximate surface area is 126 Å². The van der Waals surface area contributed by atoms with Gasteiger partial charge in [-0.05, 0) is 31.4 Å². The van der Waals surface area contributed by atoms with Crippen molar-refractivity contribution in [3.63, 3.8) is 0 Å². The number of hydrogen-bond donors (Lipinski definition) is 1. The summed E-state index contributed by atoms with van der Waals surface area (Å²) < 4.78 is 0. The lowest BCUT2D eigenvalue weighted by atomic mass is 9.90. The second-order valence-corrected chi connectivity index (χ2v) is 6.39. The lowest BCUT2D eigenvalue weighted by Crippen LogP contribution is -2.24. The molecule has 2 rings (SSSR count). The lowest BCUT2D eigenvalue weighted by Gasteiger charge is -2.20. The Hall–Kier alpha value is -1.02. The Morgan fingerprint density at radius 2 is 1.75 bits per heavy atom. The molecule has 0 aromatic heterocycles. The Morgan fingerprint density at radius 3 is 2.40 bits per heavy atom. The third-order valence-corrected chi connectivity index (χ3v) is 4.36. The average molecular weight is 294 g/mol. The molecule has 1 fully saturated rings. The van der Waals surface area contributed by atoms with Gasteiger partial charge in [0, 0.05) is 11.6 Å². The van der Waals surface area contributed by atoms with Gasteiger partial charge in [0.25, 0.3) is 0 Å². The summed E-state index contributed by atoms with van der Waals surface area (Å²) in [5.74, 6) is 0.325. The summed E-state index contributed by atoms with van der Waals surface area (Å²) in [6, 6.07) is 7.82. The Morgan fingerprint density at radius 1 is 1.15 bits per heavy atom. The highest BCUT2D eigenvalue weighted by atomic mass is 35.5. The van der Waals surface area contributed by atoms with Crippen molar-refractivity contribution in [1.82, 2.24) is 0 Å². The van der Waals surface area contributed by atoms with Gasteiger partial charge < -0.3 is 5.32 Å². The predicted molar refractivity (Wildman–Crippen MR) is 85.1 cm³/mol. The highest BCUT2D eigenvalue weighted by molar-refractivity contribution is 6.21. The maximum atomic E-state index is 12.5. The molecule has 1 aromatic carbocycles. The van der Waals surface area contributed by atoms with Crippen LogP contribution in [0.5, 0.6) is 0 Å². The molecule has 110 valence electrons. The van der Waals surface area contributed by atoms with Crippen LogP contribution in [0.1, 0.15) is 62.8 Å². The molecule has 1 aliphatic carbocycles. The first-order chi connectivity index (χ1) is 9.68. The van der Waals surface area contributed by atoms with Gasteiger partial charge in [-0.2, -0.15) is 0 Å². The van der Waals surface area contributed by atoms with Gasteiger partial charge in [-0.1, -0.05) is 50.3 Å². The van der Waals surface area contributed by atoms with Crippen molar-refractivity contribution in [1.29, 1.82) is 0 Å². The molecule has 1 aromatic rings. The second-order valence-electron chi connectivity index (χ2n) is 5.73. The number of amides is 1. The molecular weight excluding hydrogens is 270 g/mol. The predicted octanol–water partition coefficient (Wildman–Crippen LogP) is 5.29. The van der Waals surface area contributed by atoms with Crippen LogP contribution in [0.4, 0.5) is 5.69 Å². The molecule has 1 unspecified atom stereocenters. The zero-order valence-corrected chi connectivity index (χ0v) is 13.0. The molecule has 3 heteroatoms. The van der Waals surface area contributed by atoms with Gasteiger partial charge in [-0.3, -0.25) is 4.79 Å². The number of benzene rings is 1. The maximum absolute atomic E-state index is 12.5. The average Bonchev–Trinajstić information content (AvgIpc) is 2.38. The van der Waals surface area contributed by atoms with Crippen molar-refractivity contribution >= 4 is 23.2 Å². The first kappa shape index (κ1) is 15.4. The fraction of sp³-hybridized carbons (Fsp3) is 0.588. The molecule has 0 radical (unpaired) electrons. The van der Waals surface area contributed by atoms with Crippen LogP contribution in [0.2, 0.25) is 0 Å². The minimum Gasteiger partial charge on any atom is -0.326 e. The normalized spacial score (nSPS) is 18.9. The van der Waals surface area contributed by atoms with Gasteiger partial charge in [0.2, 0.25) is 5.91 Å². The smallest absolute Gasteiger partial charge is 0.227 e. The lowest BCUT2D eigenvalue weighted by molar-refractivity contribution is -0.120. The van der Waals surface area contributed by atoms with Crippen LogP contribution in [0.25, 0.3) is 0 Å². The molecule has 20 heavy (non-hydrogen) atoms. The van der Waals surface area contributed by atoms with Crippen LogP contribution < -0.4 is 5.32 Å². The first-order valence-electron chi connectivity index (χ1n) is 7.72. The molecule has 1 amide bonds. The van der Waals surface area contributed by atoms with E-state index in [9.17, 15) is 4.79 Å². The molecule has 0 heterocycles. The fourth-order valence-corrected chi connectivity index (χ4v) is 3.10. The van der Waals surface area contributed by atoms with E-state index < -0.39 is 0 Å². The molecular formula is C17H24ClNO. The minimum atomic E-state index is -0.0937. The van der Waals surface area contributed by atoms with Crippen molar-refractivity contribution in [2.24, 2.45) is 5.92 Å². The van der Waals surface area contributed by atoms with Crippen LogP contribution in [0, 0.1) is 5.92 Å². The Balaban J connectivity index is 2.03. The zero-order valence-electron chi connectivity index (χ0n) is 12.2. The summed E-state index contributed by atoms with van der Waals surface area (Å²) in [5, 5.41) is 2.99. The number of nitrogens with one attached hydrogen (secondary N) is 1. The number of hydrogen-bond acceptors (Lipinski definition) is 1. The van der Waals surface area contributed by atoms with Crippen molar-refractivity contribution in [3.05, 3.63) is 29.8 Å². The van der Waals surface area contributed by atoms with E-state index in [1.54, 1.807) is 0 Å². The summed E-state index contributed by atoms with van der Waals surface area (Å²) in [6.45, 7) is 1.93. The number of anilines is 1. The standard InChI is InChI=1S/C17H24ClNO/c1-13(18)15-11-7-8-12-16(15)19-17(20)14-9-5-3-2-4-6-10-14/h7-8,11-14H,2-6,9-10H2,1H3,(H,19,20). The number of halogens is 1. The van der Waals surface area contributed by atoms with Gasteiger partial charge in [0.15, 0.2) is 0 Å². The van der Waals surface area contributed by atoms with Crippen LogP contribution in [0.3, 0.4) is 0 Å². The van der Waals surface area contributed by atoms with E-state index in [0.717, 1.165) is 24.1 Å². The number of carbonyl (C=O) groups is 1. The number of rotatable bonds is 3. The van der Waals surface area contributed by atoms with Gasteiger partial charge >= 0.3 is 0 Å². The van der Waals surface area contributed by atoms with Gasteiger partial charge in [-0.25, -0.2) is 0 Å². The summed E-state index contributed by atoms with van der Waals surface area (Å²) in [6.07, 6.45) is 8.23. The quantitative estimate of drug-likeness (QED) is 0.754. The molecule has 1 N–H and O–H groups in total. The van der Waals surface area contributed by atoms with E-state index in [1.807, 2.05) is 31.2 Å². The summed E-state index contributed by atoms with van der Waals surface area (Å²) in [4.78, 5) is 12.5. The van der Waals surface area contributed by atoms with Gasteiger partial charge in [0.05, 0.1) is 5.38 Å². The maximum Gasteiger partial charge on any atom is 0.227 e. The van der Waals surface area contributed by atoms with Gasteiger partial charge in [-0.15, -0.1) is 11.6 Å². The van der Waals surface area contributed by atoms with E-state index >= 15 is 0 Å². The zero-order chi connectivity index (χ0) is 14.4. The van der Waals surface area contributed by atoms with E-state index in [0.29, 0.717) is 0 Å². The Bertz CT molecular complexity index is 436. The second kappa shape index (κ2) is 7.68. The Kier molecular flexibility index (Phi) is 5.90. The number of carbonyl (C=O) groups excluding carboxylic acids is 1. The summed E-state index contributed by atoms with van der Waals surface area (Å²) in [5.41, 5.74) is 1.86. The molecule has 0 saturated heterocycles. The monoisotopic (exact) mass is 293 g/mol. The molecule has 1 aliphatic rings. The molecule has 2 nitrogen and oxygen atoms in total. The van der Waals surface area contributed by atoms with E-state index in [1.165, 1.54) is 32.1 Å². The molecule has 0 aliphatic heterocycles. The SMILES string of the molecule is CC(Cl)c1ccccc1NC(=O)C1CCCCCCC1. The topological polar surface area (TPSA) is 29.1 Å². The van der Waals surface area contributed by atoms with Crippen LogP contribution in [-0.4, -0.2) is 5.91 Å². The van der Waals surface area contributed by atoms with E-state index in [-0.39, 0.29) is 17.2 Å². The van der Waals surface area contributed by atoms with Crippen LogP contribution >= 0.6 is 11.6 Å². The van der Waals surface area contributed by atoms with E-state index in [2.05, 4.69) is 5.32 Å². The first-order valence-corrected chi connectivity index (χ1v) is 8.16. The van der Waals surface area contributed by atoms with Crippen molar-refractivity contribution in [2.75, 3.05) is 5.32 Å². The van der Waals surface area contributed by atoms with Gasteiger partial charge in [0.1, 0.15) is 0 Å². The molecule has 0 spiro atoms. The summed E-state index contributed by atoms with van der Waals surface area (Å²) >= 11 is 6.17. The highest BCUT2D eigenvalue weighted by Gasteiger charge is 2.20. The van der Waals surface area contributed by atoms with Crippen LogP contribution in [0.15, 0.2) is 24.3 Å². The van der Waals surface area contributed by atoms with Crippen molar-refractivity contribution in [2.45, 2.75) is 57.2 Å². The van der Waals surface area contributed by atoms with Crippen LogP contribution in [-0.2, 0) is 4.79 Å². The largest absolute Gasteiger partial charge is 0.326 e. The van der Waals surface area contributed by atoms with Crippen molar-refractivity contribution < 1.29 is 4.79 Å². The fourth-order valence-electron chi connectivity index (χ4n) is 2.91. The number of alkyl halides is 1. The third kappa shape index (κ3) is 4.24. The third-order valence-electron chi connectivity index (χ3n) is 4.12. The molecule has 1 saturated carbocycles. The highest BCUT2D eigenvalue weighted by Crippen LogP contribution is 2.29. The summed E-state index contributed by atoms with van der Waals surface area (Å²) in [7, 11) is 0. The van der Waals surface area contributed by atoms with E-state index in [4.69, 9.17) is 11.6 Å². The molecule has 0 bridgehead atoms. The minimum absolute atomic E-state index is 0.0937. The molecule has 1 atom stereocenters. The van der Waals surface area contributed by atoms with Crippen molar-refractivity contribution in [3.8, 4) is 0 Å². The number of para-hydroxylation sites is 1.